The van der Waals surface area contributed by atoms with Crippen LogP contribution in [0.3, 0.4) is 0 Å². The summed E-state index contributed by atoms with van der Waals surface area (Å²) in [6.07, 6.45) is 0. The van der Waals surface area contributed by atoms with Crippen molar-refractivity contribution in [3.05, 3.63) is 35.8 Å². The van der Waals surface area contributed by atoms with Gasteiger partial charge in [-0.05, 0) is 18.2 Å². The molecule has 3 rings (SSSR count). The maximum absolute atomic E-state index is 11.9. The number of sulfonamides is 1. The van der Waals surface area contributed by atoms with Gasteiger partial charge in [0.15, 0.2) is 5.82 Å². The number of nitrogens with two attached hydrogens (primary N) is 1. The van der Waals surface area contributed by atoms with Crippen LogP contribution in [-0.4, -0.2) is 33.2 Å². The third kappa shape index (κ3) is 2.30. The normalized spacial score (nSPS) is 12.1. The van der Waals surface area contributed by atoms with E-state index in [1.54, 1.807) is 26.1 Å². The second-order valence-electron chi connectivity index (χ2n) is 4.76. The zero-order chi connectivity index (χ0) is 15.2. The van der Waals surface area contributed by atoms with E-state index in [0.717, 1.165) is 5.52 Å². The number of benzene rings is 1. The van der Waals surface area contributed by atoms with Gasteiger partial charge in [-0.1, -0.05) is 18.2 Å². The molecule has 110 valence electrons. The molecule has 8 nitrogen and oxygen atoms in total. The van der Waals surface area contributed by atoms with Crippen LogP contribution in [0.1, 0.15) is 11.5 Å². The molecule has 0 unspecified atom stereocenters. The summed E-state index contributed by atoms with van der Waals surface area (Å²) in [6, 6.07) is 7.20. The van der Waals surface area contributed by atoms with Gasteiger partial charge in [-0.2, -0.15) is 4.80 Å². The van der Waals surface area contributed by atoms with Crippen molar-refractivity contribution in [1.82, 2.24) is 24.8 Å². The van der Waals surface area contributed by atoms with Crippen LogP contribution in [0, 0.1) is 6.92 Å². The highest BCUT2D eigenvalue weighted by Gasteiger charge is 2.22. The molecule has 0 spiro atoms. The third-order valence-electron chi connectivity index (χ3n) is 3.31. The molecule has 1 aromatic carbocycles. The Morgan fingerprint density at radius 3 is 2.62 bits per heavy atom. The lowest BCUT2D eigenvalue weighted by Gasteiger charge is -2.05. The highest BCUT2D eigenvalue weighted by Crippen LogP contribution is 2.29. The molecule has 0 radical (unpaired) electrons. The number of hydrogen-bond acceptors (Lipinski definition) is 5. The molecule has 0 atom stereocenters. The van der Waals surface area contributed by atoms with Gasteiger partial charge in [-0.15, -0.1) is 10.2 Å². The van der Waals surface area contributed by atoms with Crippen molar-refractivity contribution < 1.29 is 8.42 Å². The van der Waals surface area contributed by atoms with Crippen molar-refractivity contribution in [2.45, 2.75) is 18.4 Å². The number of nitrogens with zero attached hydrogens (tertiary/aromatic N) is 5. The molecule has 0 saturated carbocycles. The fraction of sp³-hybridized carbons (Fsp3) is 0.250. The average molecular weight is 306 g/mol. The predicted octanol–water partition coefficient (Wildman–Crippen LogP) is 0.169. The number of aromatic nitrogens is 5. The average Bonchev–Trinajstić information content (AvgIpc) is 2.92. The Kier molecular flexibility index (Phi) is 3.03. The lowest BCUT2D eigenvalue weighted by molar-refractivity contribution is 0.596. The van der Waals surface area contributed by atoms with E-state index in [0.29, 0.717) is 23.4 Å². The van der Waals surface area contributed by atoms with E-state index in [-0.39, 0.29) is 4.90 Å². The first-order valence-electron chi connectivity index (χ1n) is 6.21. The summed E-state index contributed by atoms with van der Waals surface area (Å²) in [7, 11) is -2.14. The molecule has 9 heteroatoms. The Morgan fingerprint density at radius 2 is 2.00 bits per heavy atom. The summed E-state index contributed by atoms with van der Waals surface area (Å²) >= 11 is 0. The van der Waals surface area contributed by atoms with E-state index in [4.69, 9.17) is 5.14 Å². The first kappa shape index (κ1) is 13.7. The fourth-order valence-electron chi connectivity index (χ4n) is 2.49. The smallest absolute Gasteiger partial charge is 0.240 e. The van der Waals surface area contributed by atoms with Crippen molar-refractivity contribution >= 4 is 20.9 Å². The van der Waals surface area contributed by atoms with Crippen molar-refractivity contribution in [1.29, 1.82) is 0 Å². The number of para-hydroxylation sites is 1. The molecule has 2 aromatic heterocycles. The summed E-state index contributed by atoms with van der Waals surface area (Å²) in [5.74, 6) is 0.502. The number of rotatable bonds is 3. The zero-order valence-corrected chi connectivity index (χ0v) is 12.4. The Hall–Kier alpha value is -2.26. The molecule has 2 N–H and O–H groups in total. The molecular weight excluding hydrogens is 292 g/mol. The highest BCUT2D eigenvalue weighted by molar-refractivity contribution is 7.89. The first-order chi connectivity index (χ1) is 9.88. The van der Waals surface area contributed by atoms with Crippen molar-refractivity contribution in [3.8, 4) is 0 Å². The van der Waals surface area contributed by atoms with Crippen LogP contribution in [0.25, 0.3) is 10.9 Å². The Bertz CT molecular complexity index is 925. The minimum atomic E-state index is -3.81. The topological polar surface area (TPSA) is 109 Å². The third-order valence-corrected chi connectivity index (χ3v) is 4.39. The molecule has 0 bridgehead atoms. The molecule has 21 heavy (non-hydrogen) atoms. The standard InChI is InChI=1S/C12H14N6O2S/c1-8-12(21(13,19)20)9-5-3-4-6-10(9)18(8)7-11-14-16-17(2)15-11/h3-6H,7H2,1-2H3,(H2,13,19,20). The van der Waals surface area contributed by atoms with Crippen LogP contribution in [0.15, 0.2) is 29.2 Å². The molecule has 0 amide bonds. The SMILES string of the molecule is Cc1c(S(N)(=O)=O)c2ccccc2n1Cc1nnn(C)n1. The number of hydrogen-bond donors (Lipinski definition) is 1. The van der Waals surface area contributed by atoms with Crippen LogP contribution in [-0.2, 0) is 23.6 Å². The maximum atomic E-state index is 11.9. The van der Waals surface area contributed by atoms with Gasteiger partial charge in [-0.25, -0.2) is 13.6 Å². The molecule has 0 saturated heterocycles. The molecule has 0 fully saturated rings. The van der Waals surface area contributed by atoms with Gasteiger partial charge in [0.25, 0.3) is 0 Å². The van der Waals surface area contributed by atoms with E-state index in [9.17, 15) is 8.42 Å². The lowest BCUT2D eigenvalue weighted by atomic mass is 10.2. The minimum Gasteiger partial charge on any atom is -0.336 e. The van der Waals surface area contributed by atoms with Crippen LogP contribution in [0.2, 0.25) is 0 Å². The molecule has 0 aliphatic carbocycles. The number of primary sulfonamides is 1. The Balaban J connectivity index is 2.25. The van der Waals surface area contributed by atoms with Crippen LogP contribution in [0.5, 0.6) is 0 Å². The lowest BCUT2D eigenvalue weighted by Crippen LogP contribution is -2.14. The highest BCUT2D eigenvalue weighted by atomic mass is 32.2. The molecule has 3 aromatic rings. The van der Waals surface area contributed by atoms with Crippen LogP contribution in [0.4, 0.5) is 0 Å². The van der Waals surface area contributed by atoms with E-state index in [2.05, 4.69) is 15.4 Å². The van der Waals surface area contributed by atoms with Gasteiger partial charge in [0, 0.05) is 11.1 Å². The monoisotopic (exact) mass is 306 g/mol. The van der Waals surface area contributed by atoms with Crippen LogP contribution < -0.4 is 5.14 Å². The van der Waals surface area contributed by atoms with Gasteiger partial charge in [0.1, 0.15) is 4.90 Å². The van der Waals surface area contributed by atoms with Crippen molar-refractivity contribution in [3.63, 3.8) is 0 Å². The number of tetrazole rings is 1. The Morgan fingerprint density at radius 1 is 1.29 bits per heavy atom. The van der Waals surface area contributed by atoms with Crippen molar-refractivity contribution in [2.24, 2.45) is 12.2 Å². The van der Waals surface area contributed by atoms with Gasteiger partial charge < -0.3 is 4.57 Å². The maximum Gasteiger partial charge on any atom is 0.240 e. The summed E-state index contributed by atoms with van der Waals surface area (Å²) in [5.41, 5.74) is 1.33. The number of aryl methyl sites for hydroxylation is 1. The van der Waals surface area contributed by atoms with E-state index < -0.39 is 10.0 Å². The van der Waals surface area contributed by atoms with Crippen LogP contribution >= 0.6 is 0 Å². The molecule has 0 aliphatic rings. The second kappa shape index (κ2) is 4.64. The van der Waals surface area contributed by atoms with Gasteiger partial charge in [-0.3, -0.25) is 0 Å². The molecule has 2 heterocycles. The van der Waals surface area contributed by atoms with Gasteiger partial charge in [0.05, 0.1) is 19.1 Å². The summed E-state index contributed by atoms with van der Waals surface area (Å²) in [4.78, 5) is 1.50. The van der Waals surface area contributed by atoms with Gasteiger partial charge >= 0.3 is 0 Å². The number of fused-ring (bicyclic) bond motifs is 1. The minimum absolute atomic E-state index is 0.141. The van der Waals surface area contributed by atoms with E-state index >= 15 is 0 Å². The first-order valence-corrected chi connectivity index (χ1v) is 7.76. The fourth-order valence-corrected chi connectivity index (χ4v) is 3.49. The summed E-state index contributed by atoms with van der Waals surface area (Å²) < 4.78 is 25.5. The van der Waals surface area contributed by atoms with E-state index in [1.165, 1.54) is 4.80 Å². The second-order valence-corrected chi connectivity index (χ2v) is 6.26. The molecular formula is C12H14N6O2S. The van der Waals surface area contributed by atoms with Gasteiger partial charge in [0.2, 0.25) is 10.0 Å². The molecule has 0 aliphatic heterocycles. The largest absolute Gasteiger partial charge is 0.336 e. The summed E-state index contributed by atoms with van der Waals surface area (Å²) in [6.45, 7) is 2.05. The quantitative estimate of drug-likeness (QED) is 0.742. The zero-order valence-electron chi connectivity index (χ0n) is 11.6. The summed E-state index contributed by atoms with van der Waals surface area (Å²) in [5, 5.41) is 17.8. The van der Waals surface area contributed by atoms with E-state index in [1.807, 2.05) is 16.7 Å². The Labute approximate surface area is 121 Å². The van der Waals surface area contributed by atoms with Crippen molar-refractivity contribution in [2.75, 3.05) is 0 Å². The predicted molar refractivity (Wildman–Crippen MR) is 75.9 cm³/mol.